The van der Waals surface area contributed by atoms with Gasteiger partial charge in [-0.2, -0.15) is 0 Å². The van der Waals surface area contributed by atoms with Gasteiger partial charge in [0.1, 0.15) is 0 Å². The number of carbonyl (C=O) groups excluding carboxylic acids is 2. The van der Waals surface area contributed by atoms with E-state index in [1.54, 1.807) is 40.5 Å². The minimum atomic E-state index is -0.554. The molecule has 0 radical (unpaired) electrons. The number of rotatable bonds is 9. The smallest absolute Gasteiger partial charge is 0.338 e. The number of aliphatic hydroxyl groups excluding tert-OH is 1. The van der Waals surface area contributed by atoms with Crippen LogP contribution in [0.25, 0.3) is 0 Å². The number of carbonyl (C=O) groups is 2. The highest BCUT2D eigenvalue weighted by Crippen LogP contribution is 2.14. The van der Waals surface area contributed by atoms with E-state index in [0.29, 0.717) is 24.2 Å². The fraction of sp³-hybridized carbons (Fsp3) is 0.217. The van der Waals surface area contributed by atoms with Gasteiger partial charge in [0, 0.05) is 11.4 Å². The molecule has 1 aromatic heterocycles. The van der Waals surface area contributed by atoms with Crippen LogP contribution in [0.4, 0.5) is 0 Å². The lowest BCUT2D eigenvalue weighted by atomic mass is 10.1. The quantitative estimate of drug-likeness (QED) is 0.548. The van der Waals surface area contributed by atoms with E-state index >= 15 is 0 Å². The second-order valence-electron chi connectivity index (χ2n) is 6.56. The third kappa shape index (κ3) is 6.27. The first-order valence-corrected chi connectivity index (χ1v) is 10.2. The van der Waals surface area contributed by atoms with Crippen molar-refractivity contribution in [3.05, 3.63) is 93.7 Å². The molecule has 0 unspecified atom stereocenters. The Hall–Kier alpha value is -2.96. The van der Waals surface area contributed by atoms with Gasteiger partial charge >= 0.3 is 5.97 Å². The number of thiophene rings is 1. The highest BCUT2D eigenvalue weighted by atomic mass is 32.1. The summed E-state index contributed by atoms with van der Waals surface area (Å²) < 4.78 is 5.23. The Morgan fingerprint density at radius 3 is 2.34 bits per heavy atom. The van der Waals surface area contributed by atoms with E-state index in [1.165, 1.54) is 0 Å². The van der Waals surface area contributed by atoms with E-state index in [-0.39, 0.29) is 19.1 Å². The summed E-state index contributed by atoms with van der Waals surface area (Å²) in [6.07, 6.45) is 0.731. The molecule has 5 nitrogen and oxygen atoms in total. The van der Waals surface area contributed by atoms with E-state index in [9.17, 15) is 9.59 Å². The van der Waals surface area contributed by atoms with Gasteiger partial charge in [0.2, 0.25) is 0 Å². The predicted molar refractivity (Wildman–Crippen MR) is 113 cm³/mol. The Morgan fingerprint density at radius 1 is 0.931 bits per heavy atom. The summed E-state index contributed by atoms with van der Waals surface area (Å²) in [5, 5.41) is 11.1. The van der Waals surface area contributed by atoms with Crippen molar-refractivity contribution < 1.29 is 19.4 Å². The molecule has 0 aliphatic heterocycles. The molecule has 150 valence electrons. The average molecular weight is 410 g/mol. The molecule has 0 bridgehead atoms. The summed E-state index contributed by atoms with van der Waals surface area (Å²) in [7, 11) is 0. The molecule has 1 amide bonds. The van der Waals surface area contributed by atoms with Gasteiger partial charge in [-0.15, -0.1) is 11.3 Å². The van der Waals surface area contributed by atoms with Crippen LogP contribution < -0.4 is 0 Å². The van der Waals surface area contributed by atoms with E-state index < -0.39 is 5.97 Å². The molecule has 0 saturated heterocycles. The molecular formula is C23H23NO4S. The zero-order valence-corrected chi connectivity index (χ0v) is 16.8. The molecule has 1 N–H and O–H groups in total. The van der Waals surface area contributed by atoms with E-state index in [1.807, 2.05) is 47.8 Å². The minimum Gasteiger partial charge on any atom is -0.452 e. The van der Waals surface area contributed by atoms with Crippen molar-refractivity contribution in [3.63, 3.8) is 0 Å². The van der Waals surface area contributed by atoms with Gasteiger partial charge in [0.25, 0.3) is 5.91 Å². The van der Waals surface area contributed by atoms with Crippen LogP contribution in [0.1, 0.15) is 26.4 Å². The molecule has 0 saturated carbocycles. The highest BCUT2D eigenvalue weighted by Gasteiger charge is 2.17. The normalized spacial score (nSPS) is 10.5. The van der Waals surface area contributed by atoms with Crippen molar-refractivity contribution in [1.29, 1.82) is 0 Å². The van der Waals surface area contributed by atoms with Crippen molar-refractivity contribution in [2.24, 2.45) is 0 Å². The van der Waals surface area contributed by atoms with Crippen LogP contribution in [0.3, 0.4) is 0 Å². The lowest BCUT2D eigenvalue weighted by Crippen LogP contribution is -2.35. The molecular weight excluding hydrogens is 386 g/mol. The first kappa shape index (κ1) is 20.8. The van der Waals surface area contributed by atoms with Crippen molar-refractivity contribution in [2.75, 3.05) is 13.2 Å². The summed E-state index contributed by atoms with van der Waals surface area (Å²) in [5.41, 5.74) is 2.21. The summed E-state index contributed by atoms with van der Waals surface area (Å²) in [4.78, 5) is 27.8. The first-order chi connectivity index (χ1) is 14.2. The largest absolute Gasteiger partial charge is 0.452 e. The van der Waals surface area contributed by atoms with Crippen LogP contribution in [0.15, 0.2) is 72.1 Å². The van der Waals surface area contributed by atoms with Crippen LogP contribution in [0.2, 0.25) is 0 Å². The number of hydrogen-bond donors (Lipinski definition) is 1. The van der Waals surface area contributed by atoms with Crippen LogP contribution in [-0.4, -0.2) is 35.0 Å². The molecule has 0 aliphatic carbocycles. The van der Waals surface area contributed by atoms with E-state index in [4.69, 9.17) is 9.84 Å². The SMILES string of the molecule is O=C(OCC(=O)N(CCc1ccccc1)Cc1cccs1)c1ccc(CO)cc1. The number of aliphatic hydroxyl groups is 1. The van der Waals surface area contributed by atoms with Crippen LogP contribution in [0, 0.1) is 0 Å². The number of hydrogen-bond acceptors (Lipinski definition) is 5. The molecule has 2 aromatic carbocycles. The Bertz CT molecular complexity index is 908. The van der Waals surface area contributed by atoms with Gasteiger partial charge in [-0.25, -0.2) is 4.79 Å². The maximum Gasteiger partial charge on any atom is 0.338 e. The van der Waals surface area contributed by atoms with Crippen LogP contribution >= 0.6 is 11.3 Å². The van der Waals surface area contributed by atoms with Gasteiger partial charge in [0.15, 0.2) is 6.61 Å². The second-order valence-corrected chi connectivity index (χ2v) is 7.59. The van der Waals surface area contributed by atoms with Crippen molar-refractivity contribution >= 4 is 23.2 Å². The number of esters is 1. The molecule has 3 rings (SSSR count). The molecule has 0 fully saturated rings. The van der Waals surface area contributed by atoms with Crippen LogP contribution in [-0.2, 0) is 29.1 Å². The molecule has 6 heteroatoms. The maximum atomic E-state index is 12.7. The number of ether oxygens (including phenoxy) is 1. The Labute approximate surface area is 174 Å². The minimum absolute atomic E-state index is 0.0904. The predicted octanol–water partition coefficient (Wildman–Crippen LogP) is 3.67. The number of nitrogens with zero attached hydrogens (tertiary/aromatic N) is 1. The average Bonchev–Trinajstić information content (AvgIpc) is 3.28. The number of amides is 1. The lowest BCUT2D eigenvalue weighted by Gasteiger charge is -2.22. The summed E-state index contributed by atoms with van der Waals surface area (Å²) >= 11 is 1.59. The Balaban J connectivity index is 1.59. The molecule has 29 heavy (non-hydrogen) atoms. The standard InChI is InChI=1S/C23H23NO4S/c25-16-19-8-10-20(11-9-19)23(27)28-17-22(26)24(15-21-7-4-14-29-21)13-12-18-5-2-1-3-6-18/h1-11,14,25H,12-13,15-17H2. The summed E-state index contributed by atoms with van der Waals surface area (Å²) in [6, 6.07) is 20.4. The third-order valence-electron chi connectivity index (χ3n) is 4.49. The van der Waals surface area contributed by atoms with Gasteiger partial charge in [-0.05, 0) is 41.1 Å². The zero-order chi connectivity index (χ0) is 20.5. The Morgan fingerprint density at radius 2 is 1.69 bits per heavy atom. The Kier molecular flexibility index (Phi) is 7.55. The van der Waals surface area contributed by atoms with Gasteiger partial charge in [-0.3, -0.25) is 4.79 Å². The number of benzene rings is 2. The molecule has 1 heterocycles. The molecule has 0 spiro atoms. The topological polar surface area (TPSA) is 66.8 Å². The van der Waals surface area contributed by atoms with Crippen molar-refractivity contribution in [2.45, 2.75) is 19.6 Å². The highest BCUT2D eigenvalue weighted by molar-refractivity contribution is 7.09. The lowest BCUT2D eigenvalue weighted by molar-refractivity contribution is -0.135. The first-order valence-electron chi connectivity index (χ1n) is 9.36. The van der Waals surface area contributed by atoms with Crippen molar-refractivity contribution in [1.82, 2.24) is 4.90 Å². The third-order valence-corrected chi connectivity index (χ3v) is 5.35. The van der Waals surface area contributed by atoms with Gasteiger partial charge in [0.05, 0.1) is 18.7 Å². The summed E-state index contributed by atoms with van der Waals surface area (Å²) in [5.74, 6) is -0.781. The fourth-order valence-corrected chi connectivity index (χ4v) is 3.56. The van der Waals surface area contributed by atoms with Crippen molar-refractivity contribution in [3.8, 4) is 0 Å². The van der Waals surface area contributed by atoms with E-state index in [2.05, 4.69) is 0 Å². The van der Waals surface area contributed by atoms with Gasteiger partial charge < -0.3 is 14.7 Å². The maximum absolute atomic E-state index is 12.7. The monoisotopic (exact) mass is 409 g/mol. The summed E-state index contributed by atoms with van der Waals surface area (Å²) in [6.45, 7) is 0.642. The van der Waals surface area contributed by atoms with Crippen LogP contribution in [0.5, 0.6) is 0 Å². The molecule has 3 aromatic rings. The second kappa shape index (κ2) is 10.5. The molecule has 0 atom stereocenters. The van der Waals surface area contributed by atoms with Gasteiger partial charge in [-0.1, -0.05) is 48.5 Å². The zero-order valence-electron chi connectivity index (χ0n) is 16.0. The molecule has 0 aliphatic rings. The van der Waals surface area contributed by atoms with E-state index in [0.717, 1.165) is 16.9 Å². The fourth-order valence-electron chi connectivity index (χ4n) is 2.84.